The van der Waals surface area contributed by atoms with Gasteiger partial charge in [-0.25, -0.2) is 0 Å². The predicted octanol–water partition coefficient (Wildman–Crippen LogP) is 3.65. The van der Waals surface area contributed by atoms with Crippen LogP contribution in [-0.4, -0.2) is 20.2 Å². The first-order chi connectivity index (χ1) is 10.0. The van der Waals surface area contributed by atoms with Gasteiger partial charge in [0, 0.05) is 23.6 Å². The number of ether oxygens (including phenoxy) is 1. The van der Waals surface area contributed by atoms with E-state index < -0.39 is 0 Å². The molecule has 3 heteroatoms. The molecule has 3 nitrogen and oxygen atoms in total. The average molecular weight is 284 g/mol. The number of nitrogens with zero attached hydrogens (tertiary/aromatic N) is 1. The van der Waals surface area contributed by atoms with Crippen LogP contribution < -0.4 is 5.32 Å². The van der Waals surface area contributed by atoms with Crippen LogP contribution >= 0.6 is 0 Å². The third-order valence-electron chi connectivity index (χ3n) is 3.59. The van der Waals surface area contributed by atoms with Crippen molar-refractivity contribution in [3.63, 3.8) is 0 Å². The molecular weight excluding hydrogens is 260 g/mol. The Hall–Kier alpha value is -2.05. The second-order valence-corrected chi connectivity index (χ2v) is 5.17. The largest absolute Gasteiger partial charge is 0.493 e. The van der Waals surface area contributed by atoms with E-state index in [0.29, 0.717) is 18.1 Å². The molecule has 0 fully saturated rings. The Bertz CT molecular complexity index is 544. The number of nitrogens with one attached hydrogen (secondary N) is 1. The van der Waals surface area contributed by atoms with E-state index in [4.69, 9.17) is 10.00 Å². The highest BCUT2D eigenvalue weighted by Gasteiger charge is 2.23. The summed E-state index contributed by atoms with van der Waals surface area (Å²) in [5.74, 6) is 1.23. The lowest BCUT2D eigenvalue weighted by atomic mass is 9.89. The van der Waals surface area contributed by atoms with Crippen LogP contribution in [0.15, 0.2) is 59.4 Å². The Kier molecular flexibility index (Phi) is 6.71. The summed E-state index contributed by atoms with van der Waals surface area (Å²) < 4.78 is 5.83. The molecular formula is C18H24N2O. The Morgan fingerprint density at radius 2 is 2.19 bits per heavy atom. The molecule has 1 N–H and O–H groups in total. The summed E-state index contributed by atoms with van der Waals surface area (Å²) in [4.78, 5) is 0. The van der Waals surface area contributed by atoms with Crippen LogP contribution in [-0.2, 0) is 4.74 Å². The molecule has 1 unspecified atom stereocenters. The van der Waals surface area contributed by atoms with E-state index in [9.17, 15) is 0 Å². The van der Waals surface area contributed by atoms with E-state index in [2.05, 4.69) is 24.5 Å². The minimum atomic E-state index is 0.400. The molecule has 1 rings (SSSR count). The summed E-state index contributed by atoms with van der Waals surface area (Å²) in [6, 6.07) is 2.10. The summed E-state index contributed by atoms with van der Waals surface area (Å²) >= 11 is 0. The van der Waals surface area contributed by atoms with Crippen molar-refractivity contribution < 1.29 is 4.74 Å². The van der Waals surface area contributed by atoms with Crippen molar-refractivity contribution in [1.29, 1.82) is 5.26 Å². The highest BCUT2D eigenvalue weighted by Crippen LogP contribution is 2.32. The Balaban J connectivity index is 3.08. The predicted molar refractivity (Wildman–Crippen MR) is 87.5 cm³/mol. The van der Waals surface area contributed by atoms with E-state index in [1.807, 2.05) is 26.1 Å². The number of allylic oxidation sites excluding steroid dienone is 5. The van der Waals surface area contributed by atoms with Gasteiger partial charge < -0.3 is 10.1 Å². The number of nitriles is 1. The van der Waals surface area contributed by atoms with Crippen LogP contribution in [0, 0.1) is 17.2 Å². The molecule has 0 aromatic rings. The summed E-state index contributed by atoms with van der Waals surface area (Å²) in [5.41, 5.74) is 3.61. The zero-order valence-electron chi connectivity index (χ0n) is 13.2. The Morgan fingerprint density at radius 1 is 1.48 bits per heavy atom. The topological polar surface area (TPSA) is 45.0 Å². The highest BCUT2D eigenvalue weighted by atomic mass is 16.5. The average Bonchev–Trinajstić information content (AvgIpc) is 2.51. The zero-order chi connectivity index (χ0) is 15.8. The van der Waals surface area contributed by atoms with Crippen LogP contribution in [0.3, 0.4) is 0 Å². The first-order valence-corrected chi connectivity index (χ1v) is 7.14. The smallest absolute Gasteiger partial charge is 0.129 e. The maximum Gasteiger partial charge on any atom is 0.129 e. The fourth-order valence-corrected chi connectivity index (χ4v) is 2.27. The van der Waals surface area contributed by atoms with Gasteiger partial charge in [0.05, 0.1) is 12.7 Å². The van der Waals surface area contributed by atoms with Gasteiger partial charge in [-0.05, 0) is 44.5 Å². The van der Waals surface area contributed by atoms with E-state index >= 15 is 0 Å². The van der Waals surface area contributed by atoms with Gasteiger partial charge in [0.25, 0.3) is 0 Å². The van der Waals surface area contributed by atoms with Crippen molar-refractivity contribution in [3.8, 4) is 6.07 Å². The first-order valence-electron chi connectivity index (χ1n) is 7.14. The van der Waals surface area contributed by atoms with E-state index in [1.165, 1.54) is 0 Å². The molecule has 112 valence electrons. The standard InChI is InChI=1S/C18H24N2O/c1-6-17-16(12-20-5)9-10-21-18(17)15(4)14(3)8-7-13(2)11-19/h6-8,16,20H,1,4,9-10,12H2,2-3,5H3/b13-7+,14-8+. The van der Waals surface area contributed by atoms with Crippen LogP contribution in [0.2, 0.25) is 0 Å². The molecule has 1 aliphatic heterocycles. The third-order valence-corrected chi connectivity index (χ3v) is 3.59. The SMILES string of the molecule is C=CC1=C(C(=C)/C(C)=C/C=C(\C)C#N)OCCC1CNC. The molecule has 0 aromatic carbocycles. The maximum absolute atomic E-state index is 8.78. The van der Waals surface area contributed by atoms with Crippen molar-refractivity contribution >= 4 is 0 Å². The van der Waals surface area contributed by atoms with Gasteiger partial charge >= 0.3 is 0 Å². The molecule has 1 atom stereocenters. The van der Waals surface area contributed by atoms with Crippen molar-refractivity contribution in [3.05, 3.63) is 59.4 Å². The molecule has 0 bridgehead atoms. The monoisotopic (exact) mass is 284 g/mol. The first kappa shape index (κ1) is 17.0. The molecule has 21 heavy (non-hydrogen) atoms. The van der Waals surface area contributed by atoms with Gasteiger partial charge in [-0.3, -0.25) is 0 Å². The van der Waals surface area contributed by atoms with Gasteiger partial charge in [-0.1, -0.05) is 25.3 Å². The lowest BCUT2D eigenvalue weighted by molar-refractivity contribution is 0.175. The molecule has 0 amide bonds. The third kappa shape index (κ3) is 4.47. The highest BCUT2D eigenvalue weighted by molar-refractivity contribution is 5.48. The molecule has 0 aliphatic carbocycles. The van der Waals surface area contributed by atoms with Gasteiger partial charge in [0.1, 0.15) is 5.76 Å². The lowest BCUT2D eigenvalue weighted by Crippen LogP contribution is -2.26. The minimum Gasteiger partial charge on any atom is -0.493 e. The van der Waals surface area contributed by atoms with Crippen LogP contribution in [0.5, 0.6) is 0 Å². The summed E-state index contributed by atoms with van der Waals surface area (Å²) in [7, 11) is 1.95. The fraction of sp³-hybridized carbons (Fsp3) is 0.389. The normalized spacial score (nSPS) is 19.8. The summed E-state index contributed by atoms with van der Waals surface area (Å²) in [6.07, 6.45) is 6.54. The second-order valence-electron chi connectivity index (χ2n) is 5.17. The molecule has 0 aromatic heterocycles. The molecule has 0 radical (unpaired) electrons. The molecule has 0 saturated heterocycles. The number of rotatable bonds is 6. The summed E-state index contributed by atoms with van der Waals surface area (Å²) in [5, 5.41) is 12.0. The Morgan fingerprint density at radius 3 is 2.76 bits per heavy atom. The van der Waals surface area contributed by atoms with Crippen LogP contribution in [0.4, 0.5) is 0 Å². The van der Waals surface area contributed by atoms with Crippen LogP contribution in [0.25, 0.3) is 0 Å². The molecule has 0 saturated carbocycles. The van der Waals surface area contributed by atoms with Crippen molar-refractivity contribution in [1.82, 2.24) is 5.32 Å². The van der Waals surface area contributed by atoms with Gasteiger partial charge in [0.2, 0.25) is 0 Å². The quantitative estimate of drug-likeness (QED) is 0.598. The number of hydrogen-bond acceptors (Lipinski definition) is 3. The summed E-state index contributed by atoms with van der Waals surface area (Å²) in [6.45, 7) is 13.4. The molecule has 1 aliphatic rings. The van der Waals surface area contributed by atoms with E-state index in [1.54, 1.807) is 13.0 Å². The van der Waals surface area contributed by atoms with Crippen molar-refractivity contribution in [2.24, 2.45) is 5.92 Å². The van der Waals surface area contributed by atoms with E-state index in [-0.39, 0.29) is 0 Å². The van der Waals surface area contributed by atoms with Crippen molar-refractivity contribution in [2.75, 3.05) is 20.2 Å². The van der Waals surface area contributed by atoms with Crippen molar-refractivity contribution in [2.45, 2.75) is 20.3 Å². The fourth-order valence-electron chi connectivity index (χ4n) is 2.27. The second kappa shape index (κ2) is 8.28. The molecule has 1 heterocycles. The number of hydrogen-bond donors (Lipinski definition) is 1. The molecule has 0 spiro atoms. The maximum atomic E-state index is 8.78. The zero-order valence-corrected chi connectivity index (χ0v) is 13.2. The van der Waals surface area contributed by atoms with Gasteiger partial charge in [-0.15, -0.1) is 0 Å². The van der Waals surface area contributed by atoms with E-state index in [0.717, 1.165) is 35.4 Å². The lowest BCUT2D eigenvalue weighted by Gasteiger charge is -2.28. The van der Waals surface area contributed by atoms with Crippen LogP contribution in [0.1, 0.15) is 20.3 Å². The minimum absolute atomic E-state index is 0.400. The Labute approximate surface area is 128 Å². The van der Waals surface area contributed by atoms with Gasteiger partial charge in [0.15, 0.2) is 0 Å². The van der Waals surface area contributed by atoms with Gasteiger partial charge in [-0.2, -0.15) is 5.26 Å².